The number of oxime groups is 1. The molecule has 1 rings (SSSR count). The molecule has 0 aliphatic heterocycles. The SMILES string of the molecule is CC.CCc1nccc(/C=N/O)c1N. The van der Waals surface area contributed by atoms with Crippen LogP contribution in [-0.2, 0) is 6.42 Å². The van der Waals surface area contributed by atoms with Crippen LogP contribution in [0.3, 0.4) is 0 Å². The summed E-state index contributed by atoms with van der Waals surface area (Å²) >= 11 is 0. The Labute approximate surface area is 84.5 Å². The molecule has 0 bridgehead atoms. The maximum Gasteiger partial charge on any atom is 0.0755 e. The van der Waals surface area contributed by atoms with E-state index < -0.39 is 0 Å². The van der Waals surface area contributed by atoms with Gasteiger partial charge in [0.05, 0.1) is 17.6 Å². The van der Waals surface area contributed by atoms with Gasteiger partial charge in [-0.3, -0.25) is 4.98 Å². The first-order valence-corrected chi connectivity index (χ1v) is 4.70. The van der Waals surface area contributed by atoms with Gasteiger partial charge in [-0.05, 0) is 12.5 Å². The van der Waals surface area contributed by atoms with E-state index in [4.69, 9.17) is 10.9 Å². The van der Waals surface area contributed by atoms with Crippen molar-refractivity contribution in [1.29, 1.82) is 0 Å². The molecular weight excluding hydrogens is 178 g/mol. The van der Waals surface area contributed by atoms with Gasteiger partial charge in [0.1, 0.15) is 0 Å². The van der Waals surface area contributed by atoms with Crippen LogP contribution in [0.25, 0.3) is 0 Å². The largest absolute Gasteiger partial charge is 0.411 e. The summed E-state index contributed by atoms with van der Waals surface area (Å²) in [6, 6.07) is 1.70. The van der Waals surface area contributed by atoms with Gasteiger partial charge in [-0.2, -0.15) is 0 Å². The van der Waals surface area contributed by atoms with Crippen LogP contribution in [0, 0.1) is 0 Å². The first-order chi connectivity index (χ1) is 6.79. The molecule has 0 fully saturated rings. The molecule has 0 atom stereocenters. The lowest BCUT2D eigenvalue weighted by molar-refractivity contribution is 0.322. The molecule has 1 aromatic rings. The lowest BCUT2D eigenvalue weighted by Crippen LogP contribution is -2.00. The van der Waals surface area contributed by atoms with Crippen molar-refractivity contribution in [2.45, 2.75) is 27.2 Å². The number of pyridine rings is 1. The lowest BCUT2D eigenvalue weighted by Gasteiger charge is -2.03. The normalized spacial score (nSPS) is 9.64. The molecule has 3 N–H and O–H groups in total. The van der Waals surface area contributed by atoms with E-state index in [1.165, 1.54) is 6.21 Å². The fraction of sp³-hybridized carbons (Fsp3) is 0.400. The zero-order valence-corrected chi connectivity index (χ0v) is 8.86. The topological polar surface area (TPSA) is 71.5 Å². The highest BCUT2D eigenvalue weighted by Gasteiger charge is 2.01. The highest BCUT2D eigenvalue weighted by Crippen LogP contribution is 2.13. The number of rotatable bonds is 2. The zero-order chi connectivity index (χ0) is 11.0. The van der Waals surface area contributed by atoms with E-state index >= 15 is 0 Å². The molecule has 0 aliphatic carbocycles. The highest BCUT2D eigenvalue weighted by molar-refractivity contribution is 5.86. The van der Waals surface area contributed by atoms with E-state index in [0.29, 0.717) is 11.3 Å². The van der Waals surface area contributed by atoms with Crippen molar-refractivity contribution in [2.24, 2.45) is 5.16 Å². The van der Waals surface area contributed by atoms with Crippen LogP contribution in [-0.4, -0.2) is 16.4 Å². The summed E-state index contributed by atoms with van der Waals surface area (Å²) in [6.07, 6.45) is 3.72. The molecule has 78 valence electrons. The van der Waals surface area contributed by atoms with Crippen molar-refractivity contribution < 1.29 is 5.21 Å². The first-order valence-electron chi connectivity index (χ1n) is 4.70. The summed E-state index contributed by atoms with van der Waals surface area (Å²) in [5.41, 5.74) is 7.82. The Balaban J connectivity index is 0.000000791. The van der Waals surface area contributed by atoms with Crippen molar-refractivity contribution in [3.63, 3.8) is 0 Å². The van der Waals surface area contributed by atoms with Crippen LogP contribution < -0.4 is 5.73 Å². The quantitative estimate of drug-likeness (QED) is 0.431. The summed E-state index contributed by atoms with van der Waals surface area (Å²) in [6.45, 7) is 5.97. The minimum Gasteiger partial charge on any atom is -0.411 e. The molecule has 1 aromatic heterocycles. The first kappa shape index (κ1) is 12.4. The Bertz CT molecular complexity index is 297. The molecule has 1 heterocycles. The predicted molar refractivity (Wildman–Crippen MR) is 58.8 cm³/mol. The van der Waals surface area contributed by atoms with E-state index in [2.05, 4.69) is 10.1 Å². The summed E-state index contributed by atoms with van der Waals surface area (Å²) in [5.74, 6) is 0. The molecule has 0 saturated heterocycles. The maximum atomic E-state index is 8.30. The van der Waals surface area contributed by atoms with Crippen molar-refractivity contribution in [2.75, 3.05) is 5.73 Å². The van der Waals surface area contributed by atoms with Crippen LogP contribution >= 0.6 is 0 Å². The molecule has 0 aliphatic rings. The van der Waals surface area contributed by atoms with Gasteiger partial charge < -0.3 is 10.9 Å². The summed E-state index contributed by atoms with van der Waals surface area (Å²) in [7, 11) is 0. The predicted octanol–water partition coefficient (Wildman–Crippen LogP) is 2.06. The monoisotopic (exact) mass is 195 g/mol. The number of nitrogens with zero attached hydrogens (tertiary/aromatic N) is 2. The van der Waals surface area contributed by atoms with Gasteiger partial charge in [-0.1, -0.05) is 25.9 Å². The molecule has 0 saturated carbocycles. The second-order valence-electron chi connectivity index (χ2n) is 2.36. The van der Waals surface area contributed by atoms with E-state index in [9.17, 15) is 0 Å². The Hall–Kier alpha value is -1.58. The molecular formula is C10H17N3O. The third-order valence-electron chi connectivity index (χ3n) is 1.64. The van der Waals surface area contributed by atoms with Gasteiger partial charge in [0.15, 0.2) is 0 Å². The minimum atomic E-state index is 0.581. The summed E-state index contributed by atoms with van der Waals surface area (Å²) < 4.78 is 0. The van der Waals surface area contributed by atoms with Crippen molar-refractivity contribution in [1.82, 2.24) is 4.98 Å². The van der Waals surface area contributed by atoms with Crippen LogP contribution in [0.15, 0.2) is 17.4 Å². The van der Waals surface area contributed by atoms with Gasteiger partial charge in [-0.25, -0.2) is 0 Å². The van der Waals surface area contributed by atoms with Crippen molar-refractivity contribution in [3.05, 3.63) is 23.5 Å². The van der Waals surface area contributed by atoms with E-state index in [1.54, 1.807) is 12.3 Å². The Kier molecular flexibility index (Phi) is 6.11. The Morgan fingerprint density at radius 1 is 1.57 bits per heavy atom. The van der Waals surface area contributed by atoms with E-state index in [0.717, 1.165) is 12.1 Å². The number of aromatic nitrogens is 1. The van der Waals surface area contributed by atoms with Gasteiger partial charge in [0.25, 0.3) is 0 Å². The van der Waals surface area contributed by atoms with Gasteiger partial charge in [0.2, 0.25) is 0 Å². The van der Waals surface area contributed by atoms with Gasteiger partial charge >= 0.3 is 0 Å². The molecule has 14 heavy (non-hydrogen) atoms. The van der Waals surface area contributed by atoms with Crippen molar-refractivity contribution in [3.8, 4) is 0 Å². The van der Waals surface area contributed by atoms with Crippen LogP contribution in [0.4, 0.5) is 5.69 Å². The minimum absolute atomic E-state index is 0.581. The molecule has 0 radical (unpaired) electrons. The fourth-order valence-electron chi connectivity index (χ4n) is 0.990. The number of hydrogen-bond acceptors (Lipinski definition) is 4. The second-order valence-corrected chi connectivity index (χ2v) is 2.36. The second kappa shape index (κ2) is 6.88. The molecule has 0 aromatic carbocycles. The fourth-order valence-corrected chi connectivity index (χ4v) is 0.990. The zero-order valence-electron chi connectivity index (χ0n) is 8.86. The molecule has 0 spiro atoms. The Morgan fingerprint density at radius 2 is 2.21 bits per heavy atom. The van der Waals surface area contributed by atoms with Crippen molar-refractivity contribution >= 4 is 11.9 Å². The average Bonchev–Trinajstić information content (AvgIpc) is 2.24. The van der Waals surface area contributed by atoms with E-state index in [1.807, 2.05) is 20.8 Å². The van der Waals surface area contributed by atoms with Crippen LogP contribution in [0.5, 0.6) is 0 Å². The standard InChI is InChI=1S/C8H11N3O.C2H6/c1-2-7-8(9)6(5-11-12)3-4-10-7;1-2/h3-5,12H,2,9H2,1H3;1-2H3/b11-5+;. The number of aryl methyl sites for hydroxylation is 1. The molecule has 0 amide bonds. The molecule has 4 nitrogen and oxygen atoms in total. The maximum absolute atomic E-state index is 8.30. The number of hydrogen-bond donors (Lipinski definition) is 2. The number of nitrogen functional groups attached to an aromatic ring is 1. The summed E-state index contributed by atoms with van der Waals surface area (Å²) in [5, 5.41) is 11.2. The van der Waals surface area contributed by atoms with Gasteiger partial charge in [-0.15, -0.1) is 0 Å². The van der Waals surface area contributed by atoms with Crippen LogP contribution in [0.1, 0.15) is 32.0 Å². The lowest BCUT2D eigenvalue weighted by atomic mass is 10.1. The summed E-state index contributed by atoms with van der Waals surface area (Å²) in [4.78, 5) is 4.07. The van der Waals surface area contributed by atoms with Crippen LogP contribution in [0.2, 0.25) is 0 Å². The average molecular weight is 195 g/mol. The smallest absolute Gasteiger partial charge is 0.0755 e. The highest BCUT2D eigenvalue weighted by atomic mass is 16.4. The third-order valence-corrected chi connectivity index (χ3v) is 1.64. The van der Waals surface area contributed by atoms with E-state index in [-0.39, 0.29) is 0 Å². The van der Waals surface area contributed by atoms with Gasteiger partial charge in [0, 0.05) is 11.8 Å². The molecule has 4 heteroatoms. The molecule has 0 unspecified atom stereocenters. The number of nitrogens with two attached hydrogens (primary N) is 1. The Morgan fingerprint density at radius 3 is 2.71 bits per heavy atom. The third kappa shape index (κ3) is 3.05. The number of anilines is 1.